The number of benzene rings is 1. The number of phenolic OH excluding ortho intramolecular Hbond substituents is 1. The highest BCUT2D eigenvalue weighted by molar-refractivity contribution is 14.1. The summed E-state index contributed by atoms with van der Waals surface area (Å²) in [5.74, 6) is 0.439. The first-order chi connectivity index (χ1) is 7.88. The van der Waals surface area contributed by atoms with Gasteiger partial charge in [-0.15, -0.1) is 0 Å². The molecule has 0 aliphatic carbocycles. The van der Waals surface area contributed by atoms with Gasteiger partial charge in [-0.3, -0.25) is 0 Å². The van der Waals surface area contributed by atoms with Crippen molar-refractivity contribution < 1.29 is 10.2 Å². The number of aliphatic hydroxyl groups excluding tert-OH is 1. The molecule has 0 spiro atoms. The van der Waals surface area contributed by atoms with Crippen LogP contribution in [0.5, 0.6) is 5.75 Å². The fraction of sp³-hybridized carbons (Fsp3) is 0.500. The molecule has 0 aromatic heterocycles. The summed E-state index contributed by atoms with van der Waals surface area (Å²) in [5.41, 5.74) is 6.93. The van der Waals surface area contributed by atoms with Crippen LogP contribution in [0.15, 0.2) is 12.1 Å². The molecule has 1 rings (SSSR count). The van der Waals surface area contributed by atoms with Gasteiger partial charge in [-0.1, -0.05) is 20.3 Å². The van der Waals surface area contributed by atoms with Gasteiger partial charge in [0, 0.05) is 0 Å². The zero-order valence-corrected chi connectivity index (χ0v) is 14.1. The normalized spacial score (nSPS) is 16.6. The van der Waals surface area contributed by atoms with Gasteiger partial charge in [-0.25, -0.2) is 0 Å². The van der Waals surface area contributed by atoms with E-state index in [0.29, 0.717) is 0 Å². The van der Waals surface area contributed by atoms with Gasteiger partial charge < -0.3 is 15.9 Å². The number of phenols is 1. The number of hydrogen-bond acceptors (Lipinski definition) is 3. The fourth-order valence-corrected chi connectivity index (χ4v) is 3.39. The van der Waals surface area contributed by atoms with Crippen molar-refractivity contribution in [3.63, 3.8) is 0 Å². The summed E-state index contributed by atoms with van der Waals surface area (Å²) in [4.78, 5) is 0. The summed E-state index contributed by atoms with van der Waals surface area (Å²) in [6.45, 7) is 4.02. The van der Waals surface area contributed by atoms with E-state index in [9.17, 15) is 10.2 Å². The Kier molecular flexibility index (Phi) is 5.94. The van der Waals surface area contributed by atoms with Crippen LogP contribution < -0.4 is 5.73 Å². The van der Waals surface area contributed by atoms with Crippen LogP contribution in [0.25, 0.3) is 0 Å². The third-order valence-electron chi connectivity index (χ3n) is 3.02. The van der Waals surface area contributed by atoms with Gasteiger partial charge in [-0.05, 0) is 68.8 Å². The molecule has 0 aliphatic rings. The maximum Gasteiger partial charge on any atom is 0.142 e. The van der Waals surface area contributed by atoms with Gasteiger partial charge in [-0.2, -0.15) is 0 Å². The second kappa shape index (κ2) is 6.53. The van der Waals surface area contributed by atoms with E-state index in [1.807, 2.05) is 26.0 Å². The molecule has 1 aromatic carbocycles. The molecule has 1 aromatic rings. The van der Waals surface area contributed by atoms with Crippen LogP contribution >= 0.6 is 45.2 Å². The second-order valence-corrected chi connectivity index (χ2v) is 6.56. The molecule has 5 heteroatoms. The Morgan fingerprint density at radius 2 is 1.76 bits per heavy atom. The predicted molar refractivity (Wildman–Crippen MR) is 85.9 cm³/mol. The summed E-state index contributed by atoms with van der Waals surface area (Å²) >= 11 is 4.13. The van der Waals surface area contributed by atoms with E-state index in [4.69, 9.17) is 5.73 Å². The third kappa shape index (κ3) is 3.68. The second-order valence-electron chi connectivity index (χ2n) is 4.24. The van der Waals surface area contributed by atoms with Crippen LogP contribution in [0.1, 0.15) is 31.9 Å². The Bertz CT molecular complexity index is 375. The third-order valence-corrected chi connectivity index (χ3v) is 4.66. The molecule has 0 radical (unpaired) electrons. The molecule has 0 saturated carbocycles. The maximum absolute atomic E-state index is 10.1. The van der Waals surface area contributed by atoms with Gasteiger partial charge >= 0.3 is 0 Å². The highest BCUT2D eigenvalue weighted by Crippen LogP contribution is 2.31. The first kappa shape index (κ1) is 15.5. The summed E-state index contributed by atoms with van der Waals surface area (Å²) in [5, 5.41) is 19.8. The standard InChI is InChI=1S/C12H17I2NO2/c1-3-6(2)11(16)10(15)7-4-8(13)12(17)9(14)5-7/h4-6,10-11,16-17H,3,15H2,1-2H3/t6?,10-,11+/m1/s1. The van der Waals surface area contributed by atoms with Crippen molar-refractivity contribution in [2.45, 2.75) is 32.4 Å². The molecule has 3 nitrogen and oxygen atoms in total. The molecule has 96 valence electrons. The lowest BCUT2D eigenvalue weighted by Gasteiger charge is -2.24. The molecule has 0 saturated heterocycles. The van der Waals surface area contributed by atoms with Crippen molar-refractivity contribution in [1.82, 2.24) is 0 Å². The Morgan fingerprint density at radius 3 is 2.18 bits per heavy atom. The minimum atomic E-state index is -0.559. The van der Waals surface area contributed by atoms with Gasteiger partial charge in [0.1, 0.15) is 5.75 Å². The zero-order valence-electron chi connectivity index (χ0n) is 9.82. The average Bonchev–Trinajstić information content (AvgIpc) is 2.32. The number of aromatic hydroxyl groups is 1. The summed E-state index contributed by atoms with van der Waals surface area (Å²) in [6.07, 6.45) is 0.331. The number of aliphatic hydroxyl groups is 1. The maximum atomic E-state index is 10.1. The van der Waals surface area contributed by atoms with E-state index in [2.05, 4.69) is 45.2 Å². The van der Waals surface area contributed by atoms with Crippen LogP contribution in [0.2, 0.25) is 0 Å². The van der Waals surface area contributed by atoms with Gasteiger partial charge in [0.05, 0.1) is 19.3 Å². The highest BCUT2D eigenvalue weighted by atomic mass is 127. The summed E-state index contributed by atoms with van der Waals surface area (Å²) in [6, 6.07) is 3.25. The van der Waals surface area contributed by atoms with Crippen molar-refractivity contribution >= 4 is 45.2 Å². The van der Waals surface area contributed by atoms with E-state index in [-0.39, 0.29) is 11.7 Å². The Balaban J connectivity index is 3.00. The minimum Gasteiger partial charge on any atom is -0.506 e. The van der Waals surface area contributed by atoms with Crippen LogP contribution in [-0.4, -0.2) is 16.3 Å². The topological polar surface area (TPSA) is 66.5 Å². The van der Waals surface area contributed by atoms with Crippen LogP contribution in [-0.2, 0) is 0 Å². The molecular weight excluding hydrogens is 444 g/mol. The molecule has 3 atom stereocenters. The van der Waals surface area contributed by atoms with Crippen LogP contribution in [0.4, 0.5) is 0 Å². The SMILES string of the molecule is CCC(C)[C@H](O)[C@H](N)c1cc(I)c(O)c(I)c1. The number of nitrogens with two attached hydrogens (primary N) is 1. The molecule has 0 bridgehead atoms. The fourth-order valence-electron chi connectivity index (χ4n) is 1.57. The monoisotopic (exact) mass is 461 g/mol. The summed E-state index contributed by atoms with van der Waals surface area (Å²) in [7, 11) is 0. The molecule has 17 heavy (non-hydrogen) atoms. The number of halogens is 2. The Hall–Kier alpha value is 0.400. The lowest BCUT2D eigenvalue weighted by atomic mass is 9.92. The largest absolute Gasteiger partial charge is 0.506 e. The van der Waals surface area contributed by atoms with Crippen molar-refractivity contribution in [2.75, 3.05) is 0 Å². The van der Waals surface area contributed by atoms with Crippen molar-refractivity contribution in [2.24, 2.45) is 11.7 Å². The lowest BCUT2D eigenvalue weighted by Crippen LogP contribution is -2.31. The minimum absolute atomic E-state index is 0.161. The Labute approximate surface area is 129 Å². The van der Waals surface area contributed by atoms with Crippen molar-refractivity contribution in [3.05, 3.63) is 24.8 Å². The zero-order chi connectivity index (χ0) is 13.2. The van der Waals surface area contributed by atoms with E-state index in [1.165, 1.54) is 0 Å². The van der Waals surface area contributed by atoms with E-state index in [1.54, 1.807) is 0 Å². The molecular formula is C12H17I2NO2. The van der Waals surface area contributed by atoms with E-state index in [0.717, 1.165) is 19.1 Å². The molecule has 0 fully saturated rings. The number of rotatable bonds is 4. The molecule has 0 aliphatic heterocycles. The van der Waals surface area contributed by atoms with Gasteiger partial charge in [0.2, 0.25) is 0 Å². The first-order valence-electron chi connectivity index (χ1n) is 5.50. The van der Waals surface area contributed by atoms with Gasteiger partial charge in [0.25, 0.3) is 0 Å². The first-order valence-corrected chi connectivity index (χ1v) is 7.65. The van der Waals surface area contributed by atoms with Gasteiger partial charge in [0.15, 0.2) is 0 Å². The van der Waals surface area contributed by atoms with Crippen molar-refractivity contribution in [1.29, 1.82) is 0 Å². The molecule has 0 amide bonds. The van der Waals surface area contributed by atoms with Crippen LogP contribution in [0, 0.1) is 13.1 Å². The average molecular weight is 461 g/mol. The van der Waals surface area contributed by atoms with E-state index < -0.39 is 12.1 Å². The quantitative estimate of drug-likeness (QED) is 0.605. The molecule has 1 unspecified atom stereocenters. The Morgan fingerprint density at radius 1 is 1.29 bits per heavy atom. The molecule has 0 heterocycles. The predicted octanol–water partition coefficient (Wildman–Crippen LogP) is 3.01. The smallest absolute Gasteiger partial charge is 0.142 e. The summed E-state index contributed by atoms with van der Waals surface area (Å²) < 4.78 is 1.52. The molecule has 4 N–H and O–H groups in total. The van der Waals surface area contributed by atoms with Crippen LogP contribution in [0.3, 0.4) is 0 Å². The van der Waals surface area contributed by atoms with E-state index >= 15 is 0 Å². The van der Waals surface area contributed by atoms with Crippen molar-refractivity contribution in [3.8, 4) is 5.75 Å². The number of hydrogen-bond donors (Lipinski definition) is 3. The highest BCUT2D eigenvalue weighted by Gasteiger charge is 2.23. The lowest BCUT2D eigenvalue weighted by molar-refractivity contribution is 0.0879.